The van der Waals surface area contributed by atoms with Crippen LogP contribution in [-0.4, -0.2) is 7.11 Å². The molecule has 0 radical (unpaired) electrons. The predicted molar refractivity (Wildman–Crippen MR) is 74.2 cm³/mol. The summed E-state index contributed by atoms with van der Waals surface area (Å²) in [5, 5.41) is 0. The number of methoxy groups -OCH3 is 1. The molecule has 18 heavy (non-hydrogen) atoms. The first-order chi connectivity index (χ1) is 8.90. The van der Waals surface area contributed by atoms with Gasteiger partial charge in [-0.05, 0) is 23.1 Å². The molecule has 1 aliphatic carbocycles. The second-order valence-corrected chi connectivity index (χ2v) is 4.53. The van der Waals surface area contributed by atoms with Crippen molar-refractivity contribution in [3.05, 3.63) is 77.0 Å². The lowest BCUT2D eigenvalue weighted by Gasteiger charge is -2.22. The summed E-state index contributed by atoms with van der Waals surface area (Å²) in [6, 6.07) is 19.1. The summed E-state index contributed by atoms with van der Waals surface area (Å²) in [4.78, 5) is 0. The molecule has 0 saturated carbocycles. The Morgan fingerprint density at radius 3 is 2.33 bits per heavy atom. The van der Waals surface area contributed by atoms with E-state index in [1.807, 2.05) is 6.07 Å². The Morgan fingerprint density at radius 1 is 0.833 bits per heavy atom. The van der Waals surface area contributed by atoms with Crippen LogP contribution in [0.1, 0.15) is 23.1 Å². The van der Waals surface area contributed by atoms with Gasteiger partial charge in [0.15, 0.2) is 0 Å². The Hall–Kier alpha value is -2.02. The van der Waals surface area contributed by atoms with E-state index >= 15 is 0 Å². The van der Waals surface area contributed by atoms with Gasteiger partial charge in [0.05, 0.1) is 7.11 Å². The maximum absolute atomic E-state index is 5.59. The zero-order chi connectivity index (χ0) is 12.4. The van der Waals surface area contributed by atoms with Crippen LogP contribution in [-0.2, 0) is 11.2 Å². The molecule has 0 spiro atoms. The lowest BCUT2D eigenvalue weighted by Crippen LogP contribution is -2.07. The molecule has 90 valence electrons. The van der Waals surface area contributed by atoms with Crippen molar-refractivity contribution in [2.75, 3.05) is 7.11 Å². The van der Waals surface area contributed by atoms with Gasteiger partial charge in [-0.3, -0.25) is 0 Å². The van der Waals surface area contributed by atoms with Crippen molar-refractivity contribution in [3.63, 3.8) is 0 Å². The van der Waals surface area contributed by atoms with Crippen molar-refractivity contribution in [3.8, 4) is 0 Å². The summed E-state index contributed by atoms with van der Waals surface area (Å²) in [7, 11) is 1.77. The Kier molecular flexibility index (Phi) is 2.89. The quantitative estimate of drug-likeness (QED) is 0.764. The van der Waals surface area contributed by atoms with Crippen molar-refractivity contribution in [1.29, 1.82) is 0 Å². The molecule has 0 aliphatic heterocycles. The Bertz CT molecular complexity index is 582. The van der Waals surface area contributed by atoms with Crippen LogP contribution in [0.4, 0.5) is 0 Å². The van der Waals surface area contributed by atoms with Gasteiger partial charge in [-0.25, -0.2) is 0 Å². The van der Waals surface area contributed by atoms with Crippen LogP contribution < -0.4 is 0 Å². The molecular weight excluding hydrogens is 220 g/mol. The van der Waals surface area contributed by atoms with Gasteiger partial charge in [-0.1, -0.05) is 54.6 Å². The van der Waals surface area contributed by atoms with Crippen molar-refractivity contribution >= 4 is 5.57 Å². The summed E-state index contributed by atoms with van der Waals surface area (Å²) in [6.07, 6.45) is 2.05. The van der Waals surface area contributed by atoms with E-state index in [0.29, 0.717) is 0 Å². The van der Waals surface area contributed by atoms with E-state index in [2.05, 4.69) is 48.5 Å². The Labute approximate surface area is 108 Å². The third kappa shape index (κ3) is 1.82. The minimum absolute atomic E-state index is 0.984. The normalized spacial score (nSPS) is 14.3. The first kappa shape index (κ1) is 11.1. The highest BCUT2D eigenvalue weighted by molar-refractivity contribution is 5.84. The van der Waals surface area contributed by atoms with E-state index in [-0.39, 0.29) is 0 Å². The molecule has 0 heterocycles. The van der Waals surface area contributed by atoms with E-state index in [4.69, 9.17) is 4.74 Å². The van der Waals surface area contributed by atoms with Crippen LogP contribution in [0, 0.1) is 0 Å². The number of benzene rings is 2. The van der Waals surface area contributed by atoms with E-state index in [0.717, 1.165) is 18.6 Å². The van der Waals surface area contributed by atoms with Gasteiger partial charge in [0, 0.05) is 12.0 Å². The molecule has 1 aliphatic rings. The number of ether oxygens (including phenoxy) is 1. The number of aryl methyl sites for hydroxylation is 1. The summed E-state index contributed by atoms with van der Waals surface area (Å²) >= 11 is 0. The molecule has 0 N–H and O–H groups in total. The monoisotopic (exact) mass is 236 g/mol. The van der Waals surface area contributed by atoms with Gasteiger partial charge >= 0.3 is 0 Å². The van der Waals surface area contributed by atoms with Crippen molar-refractivity contribution in [1.82, 2.24) is 0 Å². The minimum Gasteiger partial charge on any atom is -0.500 e. The Balaban J connectivity index is 2.22. The molecule has 3 rings (SSSR count). The largest absolute Gasteiger partial charge is 0.500 e. The molecule has 0 unspecified atom stereocenters. The van der Waals surface area contributed by atoms with Crippen LogP contribution in [0.5, 0.6) is 0 Å². The highest BCUT2D eigenvalue weighted by Gasteiger charge is 2.20. The molecule has 1 nitrogen and oxygen atoms in total. The Morgan fingerprint density at radius 2 is 1.56 bits per heavy atom. The summed E-state index contributed by atoms with van der Waals surface area (Å²) in [5.41, 5.74) is 5.21. The van der Waals surface area contributed by atoms with Crippen LogP contribution in [0.3, 0.4) is 0 Å². The van der Waals surface area contributed by atoms with E-state index in [9.17, 15) is 0 Å². The lowest BCUT2D eigenvalue weighted by molar-refractivity contribution is 0.278. The summed E-state index contributed by atoms with van der Waals surface area (Å²) in [6.45, 7) is 0. The van der Waals surface area contributed by atoms with Crippen LogP contribution in [0.15, 0.2) is 60.4 Å². The second kappa shape index (κ2) is 4.69. The first-order valence-electron chi connectivity index (χ1n) is 6.31. The second-order valence-electron chi connectivity index (χ2n) is 4.53. The van der Waals surface area contributed by atoms with Gasteiger partial charge in [0.1, 0.15) is 5.76 Å². The van der Waals surface area contributed by atoms with Gasteiger partial charge in [-0.15, -0.1) is 0 Å². The van der Waals surface area contributed by atoms with Crippen molar-refractivity contribution < 1.29 is 4.74 Å². The zero-order valence-electron chi connectivity index (χ0n) is 10.5. The minimum atomic E-state index is 0.984. The highest BCUT2D eigenvalue weighted by atomic mass is 16.5. The first-order valence-corrected chi connectivity index (χ1v) is 6.31. The maximum Gasteiger partial charge on any atom is 0.104 e. The SMILES string of the molecule is COC1=C(c2ccccc2)c2ccccc2CC1. The summed E-state index contributed by atoms with van der Waals surface area (Å²) < 4.78 is 5.59. The van der Waals surface area contributed by atoms with Crippen molar-refractivity contribution in [2.45, 2.75) is 12.8 Å². The lowest BCUT2D eigenvalue weighted by atomic mass is 9.86. The van der Waals surface area contributed by atoms with Gasteiger partial charge in [-0.2, -0.15) is 0 Å². The van der Waals surface area contributed by atoms with E-state index in [1.165, 1.54) is 22.3 Å². The third-order valence-electron chi connectivity index (χ3n) is 3.50. The fourth-order valence-electron chi connectivity index (χ4n) is 2.63. The smallest absolute Gasteiger partial charge is 0.104 e. The van der Waals surface area contributed by atoms with Crippen LogP contribution in [0.25, 0.3) is 5.57 Å². The molecule has 0 amide bonds. The number of fused-ring (bicyclic) bond motifs is 1. The number of hydrogen-bond acceptors (Lipinski definition) is 1. The molecule has 1 heteroatoms. The fraction of sp³-hybridized carbons (Fsp3) is 0.176. The van der Waals surface area contributed by atoms with Crippen LogP contribution >= 0.6 is 0 Å². The number of rotatable bonds is 2. The zero-order valence-corrected chi connectivity index (χ0v) is 10.5. The topological polar surface area (TPSA) is 9.23 Å². The number of allylic oxidation sites excluding steroid dienone is 1. The molecule has 0 bridgehead atoms. The van der Waals surface area contributed by atoms with E-state index < -0.39 is 0 Å². The molecule has 2 aromatic carbocycles. The molecule has 0 atom stereocenters. The van der Waals surface area contributed by atoms with Crippen molar-refractivity contribution in [2.24, 2.45) is 0 Å². The number of hydrogen-bond donors (Lipinski definition) is 0. The maximum atomic E-state index is 5.59. The van der Waals surface area contributed by atoms with E-state index in [1.54, 1.807) is 7.11 Å². The average molecular weight is 236 g/mol. The predicted octanol–water partition coefficient (Wildman–Crippen LogP) is 4.04. The molecule has 0 fully saturated rings. The van der Waals surface area contributed by atoms with Gasteiger partial charge in [0.2, 0.25) is 0 Å². The fourth-order valence-corrected chi connectivity index (χ4v) is 2.63. The average Bonchev–Trinajstić information content (AvgIpc) is 2.47. The molecule has 2 aromatic rings. The van der Waals surface area contributed by atoms with Crippen LogP contribution in [0.2, 0.25) is 0 Å². The van der Waals surface area contributed by atoms with Gasteiger partial charge in [0.25, 0.3) is 0 Å². The highest BCUT2D eigenvalue weighted by Crippen LogP contribution is 2.35. The van der Waals surface area contributed by atoms with Gasteiger partial charge < -0.3 is 4.74 Å². The molecule has 0 aromatic heterocycles. The standard InChI is InChI=1S/C17H16O/c1-18-16-12-11-13-7-5-6-10-15(13)17(16)14-8-3-2-4-9-14/h2-10H,11-12H2,1H3. The summed E-state index contributed by atoms with van der Waals surface area (Å²) in [5.74, 6) is 1.10. The molecule has 0 saturated heterocycles. The molecular formula is C17H16O. The third-order valence-corrected chi connectivity index (χ3v) is 3.50.